The molecule has 1 N–H and O–H groups in total. The van der Waals surface area contributed by atoms with Crippen molar-refractivity contribution in [2.45, 2.75) is 18.9 Å². The summed E-state index contributed by atoms with van der Waals surface area (Å²) in [6.45, 7) is 1.21. The maximum atomic E-state index is 11.8. The van der Waals surface area contributed by atoms with E-state index in [1.54, 1.807) is 37.3 Å². The van der Waals surface area contributed by atoms with Crippen LogP contribution in [0.25, 0.3) is 6.08 Å². The Hall–Kier alpha value is -1.86. The van der Waals surface area contributed by atoms with Crippen LogP contribution >= 0.6 is 11.6 Å². The first-order valence-electron chi connectivity index (χ1n) is 7.29. The van der Waals surface area contributed by atoms with Gasteiger partial charge in [-0.15, -0.1) is 0 Å². The summed E-state index contributed by atoms with van der Waals surface area (Å²) in [5, 5.41) is 3.20. The predicted molar refractivity (Wildman–Crippen MR) is 91.3 cm³/mol. The van der Waals surface area contributed by atoms with E-state index in [0.29, 0.717) is 11.4 Å². The summed E-state index contributed by atoms with van der Waals surface area (Å²) >= 11 is 5.76. The van der Waals surface area contributed by atoms with Crippen LogP contribution in [0.1, 0.15) is 18.9 Å². The first-order chi connectivity index (χ1) is 11.2. The summed E-state index contributed by atoms with van der Waals surface area (Å²) in [6, 6.07) is 6.85. The fourth-order valence-corrected chi connectivity index (χ4v) is 4.62. The van der Waals surface area contributed by atoms with Crippen molar-refractivity contribution >= 4 is 39.4 Å². The number of rotatable bonds is 5. The molecule has 0 unspecified atom stereocenters. The number of esters is 1. The molecule has 130 valence electrons. The molecule has 1 amide bonds. The lowest BCUT2D eigenvalue weighted by Crippen LogP contribution is -2.48. The monoisotopic (exact) mass is 371 g/mol. The minimum atomic E-state index is -3.12. The zero-order valence-corrected chi connectivity index (χ0v) is 14.7. The topological polar surface area (TPSA) is 89.5 Å². The molecule has 0 spiro atoms. The highest BCUT2D eigenvalue weighted by Gasteiger charge is 2.39. The number of sulfone groups is 1. The first kappa shape index (κ1) is 18.5. The number of hydrogen-bond donors (Lipinski definition) is 1. The van der Waals surface area contributed by atoms with E-state index < -0.39 is 33.9 Å². The van der Waals surface area contributed by atoms with Crippen molar-refractivity contribution in [3.05, 3.63) is 40.9 Å². The molecule has 1 atom stereocenters. The van der Waals surface area contributed by atoms with E-state index >= 15 is 0 Å². The van der Waals surface area contributed by atoms with Gasteiger partial charge in [0.05, 0.1) is 17.0 Å². The standard InChI is InChI=1S/C16H18ClNO5S/c1-16(8-9-24(21,22)11-16)18-14(19)10-23-15(20)7-4-12-2-5-13(17)6-3-12/h2-7H,8-11H2,1H3,(H,18,19)/b7-4+/t16-/m1/s1. The minimum Gasteiger partial charge on any atom is -0.452 e. The number of benzene rings is 1. The molecule has 0 saturated carbocycles. The Morgan fingerprint density at radius 2 is 2.00 bits per heavy atom. The largest absolute Gasteiger partial charge is 0.452 e. The molecule has 24 heavy (non-hydrogen) atoms. The van der Waals surface area contributed by atoms with Gasteiger partial charge < -0.3 is 10.1 Å². The SMILES string of the molecule is C[C@@]1(NC(=O)COC(=O)/C=C/c2ccc(Cl)cc2)CCS(=O)(=O)C1. The molecular weight excluding hydrogens is 354 g/mol. The highest BCUT2D eigenvalue weighted by molar-refractivity contribution is 7.91. The van der Waals surface area contributed by atoms with Crippen molar-refractivity contribution in [3.8, 4) is 0 Å². The fraction of sp³-hybridized carbons (Fsp3) is 0.375. The molecule has 1 aromatic carbocycles. The van der Waals surface area contributed by atoms with Crippen LogP contribution in [-0.2, 0) is 24.2 Å². The molecular formula is C16H18ClNO5S. The van der Waals surface area contributed by atoms with Crippen molar-refractivity contribution in [1.29, 1.82) is 0 Å². The quantitative estimate of drug-likeness (QED) is 0.627. The molecule has 1 aliphatic rings. The van der Waals surface area contributed by atoms with Crippen LogP contribution in [0.2, 0.25) is 5.02 Å². The van der Waals surface area contributed by atoms with Gasteiger partial charge in [-0.25, -0.2) is 13.2 Å². The number of carbonyl (C=O) groups excluding carboxylic acids is 2. The lowest BCUT2D eigenvalue weighted by atomic mass is 10.0. The van der Waals surface area contributed by atoms with Gasteiger partial charge in [0.15, 0.2) is 16.4 Å². The summed E-state index contributed by atoms with van der Waals surface area (Å²) in [5.41, 5.74) is -0.0361. The second-order valence-electron chi connectivity index (χ2n) is 5.94. The Bertz CT molecular complexity index is 757. The molecule has 0 aliphatic carbocycles. The summed E-state index contributed by atoms with van der Waals surface area (Å²) in [5.74, 6) is -1.24. The number of amides is 1. The van der Waals surface area contributed by atoms with Gasteiger partial charge in [-0.05, 0) is 37.1 Å². The van der Waals surface area contributed by atoms with E-state index in [1.165, 1.54) is 6.08 Å². The van der Waals surface area contributed by atoms with Gasteiger partial charge in [0.2, 0.25) is 0 Å². The van der Waals surface area contributed by atoms with E-state index in [4.69, 9.17) is 16.3 Å². The van der Waals surface area contributed by atoms with Gasteiger partial charge in [-0.1, -0.05) is 23.7 Å². The third-order valence-electron chi connectivity index (χ3n) is 3.57. The first-order valence-corrected chi connectivity index (χ1v) is 9.49. The van der Waals surface area contributed by atoms with E-state index in [0.717, 1.165) is 5.56 Å². The van der Waals surface area contributed by atoms with E-state index in [9.17, 15) is 18.0 Å². The Balaban J connectivity index is 1.79. The Morgan fingerprint density at radius 1 is 1.33 bits per heavy atom. The molecule has 0 radical (unpaired) electrons. The third kappa shape index (κ3) is 5.65. The Kier molecular flexibility index (Phi) is 5.66. The van der Waals surface area contributed by atoms with Crippen molar-refractivity contribution in [2.24, 2.45) is 0 Å². The zero-order valence-electron chi connectivity index (χ0n) is 13.1. The second-order valence-corrected chi connectivity index (χ2v) is 8.56. The zero-order chi connectivity index (χ0) is 17.8. The van der Waals surface area contributed by atoms with Crippen molar-refractivity contribution in [1.82, 2.24) is 5.32 Å². The number of ether oxygens (including phenoxy) is 1. The van der Waals surface area contributed by atoms with E-state index in [1.807, 2.05) is 0 Å². The average molecular weight is 372 g/mol. The predicted octanol–water partition coefficient (Wildman–Crippen LogP) is 1.59. The molecule has 1 fully saturated rings. The van der Waals surface area contributed by atoms with Gasteiger partial charge >= 0.3 is 5.97 Å². The summed E-state index contributed by atoms with van der Waals surface area (Å²) in [4.78, 5) is 23.4. The molecule has 1 heterocycles. The highest BCUT2D eigenvalue weighted by atomic mass is 35.5. The Labute approximate surface area is 145 Å². The number of halogens is 1. The van der Waals surface area contributed by atoms with Gasteiger partial charge in [0.1, 0.15) is 0 Å². The summed E-state index contributed by atoms with van der Waals surface area (Å²) in [6.07, 6.45) is 3.10. The van der Waals surface area contributed by atoms with Crippen LogP contribution in [0, 0.1) is 0 Å². The highest BCUT2D eigenvalue weighted by Crippen LogP contribution is 2.22. The molecule has 0 bridgehead atoms. The lowest BCUT2D eigenvalue weighted by Gasteiger charge is -2.23. The van der Waals surface area contributed by atoms with Crippen LogP contribution in [0.4, 0.5) is 0 Å². The van der Waals surface area contributed by atoms with Gasteiger partial charge in [-0.3, -0.25) is 4.79 Å². The minimum absolute atomic E-state index is 0.0490. The van der Waals surface area contributed by atoms with Crippen molar-refractivity contribution in [2.75, 3.05) is 18.1 Å². The fourth-order valence-electron chi connectivity index (χ4n) is 2.40. The van der Waals surface area contributed by atoms with Crippen LogP contribution in [0.5, 0.6) is 0 Å². The van der Waals surface area contributed by atoms with Crippen molar-refractivity contribution in [3.63, 3.8) is 0 Å². The molecule has 2 rings (SSSR count). The van der Waals surface area contributed by atoms with E-state index in [-0.39, 0.29) is 11.5 Å². The smallest absolute Gasteiger partial charge is 0.331 e. The summed E-state index contributed by atoms with van der Waals surface area (Å²) < 4.78 is 27.8. The molecule has 0 aromatic heterocycles. The number of carbonyl (C=O) groups is 2. The molecule has 1 aromatic rings. The molecule has 8 heteroatoms. The lowest BCUT2D eigenvalue weighted by molar-refractivity contribution is -0.144. The van der Waals surface area contributed by atoms with Gasteiger partial charge in [-0.2, -0.15) is 0 Å². The third-order valence-corrected chi connectivity index (χ3v) is 5.73. The van der Waals surface area contributed by atoms with Gasteiger partial charge in [0, 0.05) is 11.1 Å². The van der Waals surface area contributed by atoms with E-state index in [2.05, 4.69) is 5.32 Å². The second kappa shape index (κ2) is 7.36. The molecule has 1 aliphatic heterocycles. The average Bonchev–Trinajstić information content (AvgIpc) is 2.78. The van der Waals surface area contributed by atoms with Crippen LogP contribution < -0.4 is 5.32 Å². The maximum Gasteiger partial charge on any atom is 0.331 e. The number of nitrogens with one attached hydrogen (secondary N) is 1. The molecule has 1 saturated heterocycles. The normalized spacial score (nSPS) is 22.4. The van der Waals surface area contributed by atoms with Crippen LogP contribution in [0.15, 0.2) is 30.3 Å². The Morgan fingerprint density at radius 3 is 2.58 bits per heavy atom. The van der Waals surface area contributed by atoms with Crippen LogP contribution in [0.3, 0.4) is 0 Å². The van der Waals surface area contributed by atoms with Crippen LogP contribution in [-0.4, -0.2) is 43.9 Å². The van der Waals surface area contributed by atoms with Crippen molar-refractivity contribution < 1.29 is 22.7 Å². The number of hydrogen-bond acceptors (Lipinski definition) is 5. The molecule has 6 nitrogen and oxygen atoms in total. The van der Waals surface area contributed by atoms with Gasteiger partial charge in [0.25, 0.3) is 5.91 Å². The summed E-state index contributed by atoms with van der Waals surface area (Å²) in [7, 11) is -3.12. The maximum absolute atomic E-state index is 11.8.